The number of carbonyl (C=O) groups is 2. The molecule has 0 bridgehead atoms. The standard InChI is InChI=1S/C28H22Cl2FN3OS.C20H12Cl3FN2OS.C8H11N.CH4/c1-17(19-5-3-2-4-6-19)32-28(35)26-23-16-36-15-20(13-18-7-10-22(31)11-8-18)27(23)34(33-26)25-12-9-21(29)14-24(25)30;21-13-3-6-17(16(22)8-13)26-19-12(7-11-1-4-14(24)5-2-11)9-28-10-15(19)18(25-26)20(23)27;1-7(9)8-5-3-2-4-6-8;/h2-14,17H,15-16H2,1H3,(H,32,35);1-8H,9-10H2;2-7H,9H2,1H3;1H4/b20-13+;12-7+;;/t17-;;7-;/m0.0./s1. The Labute approximate surface area is 462 Å². The predicted octanol–water partition coefficient (Wildman–Crippen LogP) is 16.4. The fourth-order valence-electron chi connectivity index (χ4n) is 8.08. The van der Waals surface area contributed by atoms with Crippen molar-refractivity contribution < 1.29 is 18.4 Å². The first kappa shape index (κ1) is 56.1. The molecule has 0 radical (unpaired) electrons. The molecule has 0 spiro atoms. The first-order chi connectivity index (χ1) is 35.1. The van der Waals surface area contributed by atoms with Gasteiger partial charge in [-0.1, -0.05) is 139 Å². The summed E-state index contributed by atoms with van der Waals surface area (Å²) in [4.78, 5) is 25.4. The van der Waals surface area contributed by atoms with E-state index in [9.17, 15) is 18.4 Å². The molecule has 380 valence electrons. The average Bonchev–Trinajstić information content (AvgIpc) is 3.97. The summed E-state index contributed by atoms with van der Waals surface area (Å²) in [5.74, 6) is 1.81. The minimum Gasteiger partial charge on any atom is -0.344 e. The lowest BCUT2D eigenvalue weighted by Crippen LogP contribution is -2.28. The number of nitrogens with zero attached hydrogens (tertiary/aromatic N) is 4. The van der Waals surface area contributed by atoms with Crippen LogP contribution in [0.25, 0.3) is 34.7 Å². The molecular formula is C57H49Cl5F2N6O2S2. The van der Waals surface area contributed by atoms with Crippen molar-refractivity contribution in [2.75, 3.05) is 11.5 Å². The minimum atomic E-state index is -0.622. The highest BCUT2D eigenvalue weighted by atomic mass is 35.5. The van der Waals surface area contributed by atoms with Gasteiger partial charge in [0.05, 0.1) is 38.8 Å². The van der Waals surface area contributed by atoms with Gasteiger partial charge in [0.25, 0.3) is 11.1 Å². The number of hydrogen-bond donors (Lipinski definition) is 2. The molecule has 8 nitrogen and oxygen atoms in total. The number of hydrogen-bond acceptors (Lipinski definition) is 7. The summed E-state index contributed by atoms with van der Waals surface area (Å²) in [6, 6.07) is 42.6. The zero-order valence-electron chi connectivity index (χ0n) is 39.1. The van der Waals surface area contributed by atoms with E-state index in [2.05, 4.69) is 10.4 Å². The Hall–Kier alpha value is -5.67. The summed E-state index contributed by atoms with van der Waals surface area (Å²) in [5, 5.41) is 13.5. The lowest BCUT2D eigenvalue weighted by Gasteiger charge is -2.19. The second kappa shape index (κ2) is 25.7. The molecule has 8 aromatic rings. The number of benzene rings is 6. The summed E-state index contributed by atoms with van der Waals surface area (Å²) in [5.41, 5.74) is 16.4. The molecule has 0 fully saturated rings. The van der Waals surface area contributed by atoms with Crippen molar-refractivity contribution in [2.24, 2.45) is 5.73 Å². The Kier molecular flexibility index (Phi) is 19.5. The fraction of sp³-hybridized carbons (Fsp3) is 0.158. The zero-order chi connectivity index (χ0) is 51.8. The third-order valence-electron chi connectivity index (χ3n) is 11.7. The van der Waals surface area contributed by atoms with E-state index in [0.29, 0.717) is 60.2 Å². The number of thioether (sulfide) groups is 2. The van der Waals surface area contributed by atoms with Crippen LogP contribution < -0.4 is 11.1 Å². The van der Waals surface area contributed by atoms with Gasteiger partial charge in [-0.15, -0.1) is 0 Å². The Balaban J connectivity index is 0.000000187. The van der Waals surface area contributed by atoms with E-state index in [1.54, 1.807) is 93.6 Å². The maximum Gasteiger partial charge on any atom is 0.273 e. The third kappa shape index (κ3) is 13.6. The molecule has 1 amide bonds. The van der Waals surface area contributed by atoms with Crippen molar-refractivity contribution in [3.8, 4) is 11.4 Å². The average molecular weight is 1130 g/mol. The van der Waals surface area contributed by atoms with Gasteiger partial charge in [0, 0.05) is 50.2 Å². The van der Waals surface area contributed by atoms with Crippen LogP contribution in [-0.4, -0.2) is 42.2 Å². The summed E-state index contributed by atoms with van der Waals surface area (Å²) >= 11 is 34.3. The van der Waals surface area contributed by atoms with Crippen LogP contribution in [0.1, 0.15) is 99.1 Å². The number of nitrogens with two attached hydrogens (primary N) is 1. The van der Waals surface area contributed by atoms with Crippen molar-refractivity contribution >= 4 is 116 Å². The number of amides is 1. The molecule has 3 N–H and O–H groups in total. The van der Waals surface area contributed by atoms with Crippen LogP contribution >= 0.6 is 81.5 Å². The van der Waals surface area contributed by atoms with Gasteiger partial charge in [-0.25, -0.2) is 18.1 Å². The van der Waals surface area contributed by atoms with E-state index in [0.717, 1.165) is 50.4 Å². The maximum absolute atomic E-state index is 13.5. The van der Waals surface area contributed by atoms with E-state index in [-0.39, 0.29) is 42.7 Å². The number of fused-ring (bicyclic) bond motifs is 2. The first-order valence-corrected chi connectivity index (χ1v) is 26.9. The molecule has 2 aromatic heterocycles. The molecule has 0 saturated carbocycles. The number of halogens is 7. The largest absolute Gasteiger partial charge is 0.344 e. The van der Waals surface area contributed by atoms with Crippen molar-refractivity contribution in [1.29, 1.82) is 0 Å². The first-order valence-electron chi connectivity index (χ1n) is 22.7. The second-order valence-electron chi connectivity index (χ2n) is 16.9. The zero-order valence-corrected chi connectivity index (χ0v) is 44.6. The van der Waals surface area contributed by atoms with Gasteiger partial charge in [0.15, 0.2) is 5.69 Å². The van der Waals surface area contributed by atoms with E-state index >= 15 is 0 Å². The van der Waals surface area contributed by atoms with Gasteiger partial charge in [-0.05, 0) is 132 Å². The smallest absolute Gasteiger partial charge is 0.273 e. The topological polar surface area (TPSA) is 108 Å². The van der Waals surface area contributed by atoms with E-state index in [1.807, 2.05) is 86.7 Å². The molecule has 4 heterocycles. The molecule has 2 atom stereocenters. The molecule has 0 aliphatic carbocycles. The Morgan fingerprint density at radius 2 is 1.03 bits per heavy atom. The molecule has 2 aliphatic rings. The quantitative estimate of drug-likeness (QED) is 0.139. The lowest BCUT2D eigenvalue weighted by molar-refractivity contribution is 0.0933. The van der Waals surface area contributed by atoms with Crippen molar-refractivity contribution in [3.05, 3.63) is 233 Å². The fourth-order valence-corrected chi connectivity index (χ4v) is 11.2. The molecule has 2 aliphatic heterocycles. The highest BCUT2D eigenvalue weighted by Crippen LogP contribution is 2.41. The van der Waals surface area contributed by atoms with Crippen LogP contribution in [0, 0.1) is 11.6 Å². The summed E-state index contributed by atoms with van der Waals surface area (Å²) in [6.45, 7) is 3.93. The van der Waals surface area contributed by atoms with Gasteiger partial charge >= 0.3 is 0 Å². The molecule has 0 unspecified atom stereocenters. The summed E-state index contributed by atoms with van der Waals surface area (Å²) in [7, 11) is 0. The van der Waals surface area contributed by atoms with Crippen LogP contribution in [0.4, 0.5) is 8.78 Å². The number of nitrogens with one attached hydrogen (secondary N) is 1. The number of rotatable bonds is 9. The van der Waals surface area contributed by atoms with Gasteiger partial charge in [0.1, 0.15) is 17.3 Å². The van der Waals surface area contributed by atoms with Gasteiger partial charge in [-0.2, -0.15) is 33.7 Å². The van der Waals surface area contributed by atoms with E-state index < -0.39 is 5.24 Å². The molecular weight excluding hydrogens is 1080 g/mol. The second-order valence-corrected chi connectivity index (χ2v) is 20.9. The van der Waals surface area contributed by atoms with Crippen molar-refractivity contribution in [1.82, 2.24) is 24.9 Å². The van der Waals surface area contributed by atoms with E-state index in [1.165, 1.54) is 29.8 Å². The highest BCUT2D eigenvalue weighted by molar-refractivity contribution is 7.99. The highest BCUT2D eigenvalue weighted by Gasteiger charge is 2.31. The summed E-state index contributed by atoms with van der Waals surface area (Å²) in [6.07, 6.45) is 3.95. The van der Waals surface area contributed by atoms with Crippen LogP contribution in [0.3, 0.4) is 0 Å². The van der Waals surface area contributed by atoms with Crippen LogP contribution in [0.15, 0.2) is 146 Å². The molecule has 10 rings (SSSR count). The molecule has 0 saturated heterocycles. The maximum atomic E-state index is 13.5. The van der Waals surface area contributed by atoms with E-state index in [4.69, 9.17) is 68.8 Å². The van der Waals surface area contributed by atoms with Gasteiger partial charge in [0.2, 0.25) is 0 Å². The van der Waals surface area contributed by atoms with Crippen LogP contribution in [-0.2, 0) is 11.5 Å². The number of aromatic nitrogens is 4. The monoisotopic (exact) mass is 1130 g/mol. The SMILES string of the molecule is C.C[C@H](N)c1ccccc1.C[C@H](NC(=O)c1nn(-c2ccc(Cl)cc2Cl)c2c1CSC/C2=C\c1ccc(F)cc1)c1ccccc1.O=C(Cl)c1nn(-c2ccc(Cl)cc2Cl)c2c1CSC/C2=C\c1ccc(F)cc1. The molecule has 74 heavy (non-hydrogen) atoms. The van der Waals surface area contributed by atoms with Gasteiger partial charge < -0.3 is 11.1 Å². The Morgan fingerprint density at radius 1 is 0.608 bits per heavy atom. The molecule has 17 heteroatoms. The van der Waals surface area contributed by atoms with Crippen LogP contribution in [0.5, 0.6) is 0 Å². The van der Waals surface area contributed by atoms with Gasteiger partial charge in [-0.3, -0.25) is 9.59 Å². The Morgan fingerprint density at radius 3 is 1.43 bits per heavy atom. The number of carbonyl (C=O) groups excluding carboxylic acids is 2. The minimum absolute atomic E-state index is 0. The lowest BCUT2D eigenvalue weighted by atomic mass is 10.0. The molecule has 6 aromatic carbocycles. The summed E-state index contributed by atoms with van der Waals surface area (Å²) < 4.78 is 30.1. The van der Waals surface area contributed by atoms with Crippen LogP contribution in [0.2, 0.25) is 20.1 Å². The Bertz CT molecular complexity index is 3330. The van der Waals surface area contributed by atoms with Crippen molar-refractivity contribution in [3.63, 3.8) is 0 Å². The normalized spacial score (nSPS) is 14.5. The predicted molar refractivity (Wildman–Crippen MR) is 306 cm³/mol. The third-order valence-corrected chi connectivity index (χ3v) is 14.9. The van der Waals surface area contributed by atoms with Crippen molar-refractivity contribution in [2.45, 2.75) is 44.9 Å².